The number of nitrogens with zero attached hydrogens (tertiary/aromatic N) is 1. The van der Waals surface area contributed by atoms with Crippen LogP contribution in [-0.4, -0.2) is 32.8 Å². The van der Waals surface area contributed by atoms with Crippen molar-refractivity contribution in [2.45, 2.75) is 51.0 Å². The van der Waals surface area contributed by atoms with E-state index in [0.717, 1.165) is 12.2 Å². The highest BCUT2D eigenvalue weighted by Crippen LogP contribution is 2.29. The number of nitrogens with one attached hydrogen (secondary N) is 1. The quantitative estimate of drug-likeness (QED) is 0.919. The molecule has 0 bridgehead atoms. The summed E-state index contributed by atoms with van der Waals surface area (Å²) in [5.74, 6) is 0.988. The first kappa shape index (κ1) is 14.7. The van der Waals surface area contributed by atoms with Crippen molar-refractivity contribution in [3.63, 3.8) is 0 Å². The van der Waals surface area contributed by atoms with Gasteiger partial charge in [-0.15, -0.1) is 0 Å². The minimum Gasteiger partial charge on any atom is -0.497 e. The zero-order valence-corrected chi connectivity index (χ0v) is 13.2. The first-order valence-electron chi connectivity index (χ1n) is 8.52. The number of hydrogen-bond donors (Lipinski definition) is 1. The minimum atomic E-state index is 0.634. The van der Waals surface area contributed by atoms with Crippen LogP contribution in [0.2, 0.25) is 0 Å². The second-order valence-electron chi connectivity index (χ2n) is 6.39. The van der Waals surface area contributed by atoms with Gasteiger partial charge in [-0.3, -0.25) is 0 Å². The number of anilines is 1. The second kappa shape index (κ2) is 7.17. The fraction of sp³-hybridized carbons (Fsp3) is 0.667. The summed E-state index contributed by atoms with van der Waals surface area (Å²) in [5.41, 5.74) is 2.89. The molecule has 116 valence electrons. The summed E-state index contributed by atoms with van der Waals surface area (Å²) < 4.78 is 5.45. The van der Waals surface area contributed by atoms with Gasteiger partial charge >= 0.3 is 0 Å². The molecule has 21 heavy (non-hydrogen) atoms. The molecule has 2 aliphatic heterocycles. The Hall–Kier alpha value is -1.22. The molecule has 2 saturated heterocycles. The Morgan fingerprint density at radius 3 is 2.71 bits per heavy atom. The Labute approximate surface area is 128 Å². The highest BCUT2D eigenvalue weighted by atomic mass is 16.5. The van der Waals surface area contributed by atoms with Crippen LogP contribution in [-0.2, 0) is 6.42 Å². The van der Waals surface area contributed by atoms with E-state index in [1.165, 1.54) is 69.4 Å². The van der Waals surface area contributed by atoms with Gasteiger partial charge in [-0.25, -0.2) is 0 Å². The van der Waals surface area contributed by atoms with Crippen molar-refractivity contribution in [3.8, 4) is 5.75 Å². The van der Waals surface area contributed by atoms with Gasteiger partial charge in [0, 0.05) is 24.8 Å². The molecule has 0 aliphatic carbocycles. The summed E-state index contributed by atoms with van der Waals surface area (Å²) in [6.07, 6.45) is 9.15. The average Bonchev–Trinajstić information content (AvgIpc) is 2.56. The van der Waals surface area contributed by atoms with E-state index in [-0.39, 0.29) is 0 Å². The molecule has 1 atom stereocenters. The highest BCUT2D eigenvalue weighted by Gasteiger charge is 2.19. The minimum absolute atomic E-state index is 0.634. The van der Waals surface area contributed by atoms with Gasteiger partial charge in [0.05, 0.1) is 7.11 Å². The molecule has 0 saturated carbocycles. The average molecular weight is 288 g/mol. The number of rotatable bonds is 4. The van der Waals surface area contributed by atoms with Gasteiger partial charge in [-0.2, -0.15) is 0 Å². The van der Waals surface area contributed by atoms with Crippen LogP contribution in [0.25, 0.3) is 0 Å². The lowest BCUT2D eigenvalue weighted by atomic mass is 9.95. The van der Waals surface area contributed by atoms with E-state index in [2.05, 4.69) is 28.4 Å². The molecule has 3 rings (SSSR count). The predicted molar refractivity (Wildman–Crippen MR) is 88.4 cm³/mol. The van der Waals surface area contributed by atoms with Crippen molar-refractivity contribution >= 4 is 5.69 Å². The fourth-order valence-electron chi connectivity index (χ4n) is 3.66. The molecule has 0 radical (unpaired) electrons. The first-order chi connectivity index (χ1) is 10.4. The lowest BCUT2D eigenvalue weighted by Gasteiger charge is -2.32. The molecule has 0 spiro atoms. The Bertz CT molecular complexity index is 449. The Kier molecular flexibility index (Phi) is 5.02. The molecule has 1 unspecified atom stereocenters. The fourth-order valence-corrected chi connectivity index (χ4v) is 3.66. The molecule has 2 fully saturated rings. The summed E-state index contributed by atoms with van der Waals surface area (Å²) in [7, 11) is 1.76. The lowest BCUT2D eigenvalue weighted by Crippen LogP contribution is -2.36. The van der Waals surface area contributed by atoms with Crippen LogP contribution in [0.1, 0.15) is 44.1 Å². The van der Waals surface area contributed by atoms with Crippen molar-refractivity contribution < 1.29 is 4.74 Å². The van der Waals surface area contributed by atoms with Crippen molar-refractivity contribution in [1.82, 2.24) is 5.32 Å². The van der Waals surface area contributed by atoms with Crippen molar-refractivity contribution in [2.24, 2.45) is 0 Å². The largest absolute Gasteiger partial charge is 0.497 e. The Morgan fingerprint density at radius 2 is 2.00 bits per heavy atom. The van der Waals surface area contributed by atoms with Gasteiger partial charge in [0.1, 0.15) is 5.75 Å². The van der Waals surface area contributed by atoms with E-state index in [0.29, 0.717) is 6.04 Å². The third kappa shape index (κ3) is 3.70. The van der Waals surface area contributed by atoms with Crippen molar-refractivity contribution in [2.75, 3.05) is 31.6 Å². The van der Waals surface area contributed by atoms with Crippen LogP contribution in [0.3, 0.4) is 0 Å². The van der Waals surface area contributed by atoms with E-state index in [4.69, 9.17) is 4.74 Å². The maximum absolute atomic E-state index is 5.45. The normalized spacial score (nSPS) is 23.1. The Balaban J connectivity index is 1.80. The number of hydrogen-bond acceptors (Lipinski definition) is 3. The number of methoxy groups -OCH3 is 1. The maximum Gasteiger partial charge on any atom is 0.119 e. The molecule has 1 N–H and O–H groups in total. The lowest BCUT2D eigenvalue weighted by molar-refractivity contribution is 0.396. The van der Waals surface area contributed by atoms with E-state index < -0.39 is 0 Å². The highest BCUT2D eigenvalue weighted by molar-refractivity contribution is 5.57. The van der Waals surface area contributed by atoms with E-state index in [9.17, 15) is 0 Å². The van der Waals surface area contributed by atoms with Gasteiger partial charge in [-0.05, 0) is 68.8 Å². The SMILES string of the molecule is COc1ccc(N2CCCCC2)c(CC2CCCCN2)c1. The third-order valence-corrected chi connectivity index (χ3v) is 4.86. The molecular weight excluding hydrogens is 260 g/mol. The van der Waals surface area contributed by atoms with Crippen LogP contribution in [0.15, 0.2) is 18.2 Å². The van der Waals surface area contributed by atoms with Gasteiger partial charge in [0.2, 0.25) is 0 Å². The zero-order valence-electron chi connectivity index (χ0n) is 13.2. The summed E-state index contributed by atoms with van der Waals surface area (Å²) in [5, 5.41) is 3.68. The van der Waals surface area contributed by atoms with Crippen molar-refractivity contribution in [3.05, 3.63) is 23.8 Å². The molecule has 0 aromatic heterocycles. The standard InChI is InChI=1S/C18H28N2O/c1-21-17-8-9-18(20-11-5-2-6-12-20)15(14-17)13-16-7-3-4-10-19-16/h8-9,14,16,19H,2-7,10-13H2,1H3. The number of ether oxygens (including phenoxy) is 1. The predicted octanol–water partition coefficient (Wildman–Crippen LogP) is 3.37. The second-order valence-corrected chi connectivity index (χ2v) is 6.39. The molecule has 1 aromatic rings. The van der Waals surface area contributed by atoms with Crippen LogP contribution in [0.4, 0.5) is 5.69 Å². The van der Waals surface area contributed by atoms with E-state index in [1.54, 1.807) is 7.11 Å². The molecule has 1 aromatic carbocycles. The maximum atomic E-state index is 5.45. The topological polar surface area (TPSA) is 24.5 Å². The van der Waals surface area contributed by atoms with Crippen LogP contribution < -0.4 is 15.0 Å². The monoisotopic (exact) mass is 288 g/mol. The molecule has 3 heteroatoms. The van der Waals surface area contributed by atoms with Gasteiger partial charge in [0.25, 0.3) is 0 Å². The summed E-state index contributed by atoms with van der Waals surface area (Å²) in [6, 6.07) is 7.26. The summed E-state index contributed by atoms with van der Waals surface area (Å²) >= 11 is 0. The number of benzene rings is 1. The molecule has 0 amide bonds. The van der Waals surface area contributed by atoms with Crippen molar-refractivity contribution in [1.29, 1.82) is 0 Å². The number of piperidine rings is 2. The van der Waals surface area contributed by atoms with Gasteiger partial charge in [0.15, 0.2) is 0 Å². The molecule has 2 heterocycles. The third-order valence-electron chi connectivity index (χ3n) is 4.86. The first-order valence-corrected chi connectivity index (χ1v) is 8.52. The molecule has 3 nitrogen and oxygen atoms in total. The van der Waals surface area contributed by atoms with E-state index in [1.807, 2.05) is 0 Å². The van der Waals surface area contributed by atoms with Gasteiger partial charge in [-0.1, -0.05) is 6.42 Å². The Morgan fingerprint density at radius 1 is 1.14 bits per heavy atom. The summed E-state index contributed by atoms with van der Waals surface area (Å²) in [4.78, 5) is 2.57. The zero-order chi connectivity index (χ0) is 14.5. The van der Waals surface area contributed by atoms with E-state index >= 15 is 0 Å². The van der Waals surface area contributed by atoms with Crippen LogP contribution in [0.5, 0.6) is 5.75 Å². The van der Waals surface area contributed by atoms with Gasteiger partial charge < -0.3 is 15.0 Å². The summed E-state index contributed by atoms with van der Waals surface area (Å²) in [6.45, 7) is 3.59. The smallest absolute Gasteiger partial charge is 0.119 e. The molecular formula is C18H28N2O. The van der Waals surface area contributed by atoms with Crippen LogP contribution in [0, 0.1) is 0 Å². The van der Waals surface area contributed by atoms with Crippen LogP contribution >= 0.6 is 0 Å². The molecule has 2 aliphatic rings.